The lowest BCUT2D eigenvalue weighted by molar-refractivity contribution is 0.0344. The number of benzene rings is 4. The Morgan fingerprint density at radius 2 is 1.72 bits per heavy atom. The van der Waals surface area contributed by atoms with E-state index >= 15 is 0 Å². The predicted molar refractivity (Wildman–Crippen MR) is 193 cm³/mol. The number of methoxy groups -OCH3 is 1. The average Bonchev–Trinajstić information content (AvgIpc) is 3.10. The number of carbonyl (C=O) groups excluding carboxylic acids is 2. The minimum absolute atomic E-state index is 0.0148. The van der Waals surface area contributed by atoms with E-state index in [1.807, 2.05) is 26.1 Å². The van der Waals surface area contributed by atoms with Crippen molar-refractivity contribution in [2.75, 3.05) is 49.6 Å². The second-order valence-corrected chi connectivity index (χ2v) is 14.2. The quantitative estimate of drug-likeness (QED) is 0.154. The number of nitrogens with zero attached hydrogens (tertiary/aromatic N) is 2. The molecule has 3 atom stereocenters. The second-order valence-electron chi connectivity index (χ2n) is 12.5. The average molecular weight is 702 g/mol. The molecule has 1 aliphatic heterocycles. The predicted octanol–water partition coefficient (Wildman–Crippen LogP) is 4.68. The number of aliphatic hydroxyl groups is 1. The molecule has 12 nitrogen and oxygen atoms in total. The number of carbonyl (C=O) groups is 2. The summed E-state index contributed by atoms with van der Waals surface area (Å²) in [6.07, 6.45) is -0.478. The van der Waals surface area contributed by atoms with Crippen molar-refractivity contribution in [1.29, 1.82) is 0 Å². The lowest BCUT2D eigenvalue weighted by Gasteiger charge is -2.38. The van der Waals surface area contributed by atoms with Gasteiger partial charge in [0.1, 0.15) is 11.9 Å². The number of hydrogen-bond donors (Lipinski definition) is 4. The van der Waals surface area contributed by atoms with Gasteiger partial charge in [0, 0.05) is 31.1 Å². The SMILES string of the molecule is COc1ccc(S(=O)(=O)Nc2cccc3c2O[C@@H](CN(C)Cc2ccc(C(=O)Nc4ccccc4N)cc2)[C@@H](C)CN([C@@H](C)CO)C3=O)cc1. The molecule has 1 aliphatic rings. The summed E-state index contributed by atoms with van der Waals surface area (Å²) < 4.78 is 41.3. The van der Waals surface area contributed by atoms with E-state index in [0.29, 0.717) is 42.3 Å². The van der Waals surface area contributed by atoms with Gasteiger partial charge in [-0.2, -0.15) is 0 Å². The third-order valence-electron chi connectivity index (χ3n) is 8.67. The molecule has 264 valence electrons. The Kier molecular flexibility index (Phi) is 11.3. The van der Waals surface area contributed by atoms with Crippen molar-refractivity contribution < 1.29 is 32.6 Å². The van der Waals surface area contributed by atoms with Crippen LogP contribution in [0.25, 0.3) is 0 Å². The number of aliphatic hydroxyl groups excluding tert-OH is 1. The van der Waals surface area contributed by atoms with E-state index in [-0.39, 0.29) is 46.2 Å². The molecule has 0 unspecified atom stereocenters. The molecule has 0 fully saturated rings. The maximum Gasteiger partial charge on any atom is 0.262 e. The third kappa shape index (κ3) is 8.36. The van der Waals surface area contributed by atoms with Crippen molar-refractivity contribution in [3.8, 4) is 11.5 Å². The molecule has 4 aromatic carbocycles. The highest BCUT2D eigenvalue weighted by molar-refractivity contribution is 7.92. The maximum atomic E-state index is 13.9. The molecule has 0 saturated heterocycles. The fourth-order valence-corrected chi connectivity index (χ4v) is 6.81. The summed E-state index contributed by atoms with van der Waals surface area (Å²) in [5, 5.41) is 12.9. The Hall–Kier alpha value is -5.11. The lowest BCUT2D eigenvalue weighted by atomic mass is 9.99. The minimum Gasteiger partial charge on any atom is -0.497 e. The summed E-state index contributed by atoms with van der Waals surface area (Å²) in [5.41, 5.74) is 8.74. The Morgan fingerprint density at radius 3 is 2.38 bits per heavy atom. The van der Waals surface area contributed by atoms with Crippen LogP contribution in [0.5, 0.6) is 11.5 Å². The zero-order valence-electron chi connectivity index (χ0n) is 28.5. The van der Waals surface area contributed by atoms with E-state index < -0.39 is 22.2 Å². The van der Waals surface area contributed by atoms with Crippen molar-refractivity contribution in [2.24, 2.45) is 5.92 Å². The first-order valence-corrected chi connectivity index (χ1v) is 17.7. The first kappa shape index (κ1) is 36.2. The number of hydrogen-bond acceptors (Lipinski definition) is 9. The molecule has 13 heteroatoms. The van der Waals surface area contributed by atoms with Gasteiger partial charge in [-0.05, 0) is 80.2 Å². The van der Waals surface area contributed by atoms with E-state index in [1.165, 1.54) is 19.2 Å². The van der Waals surface area contributed by atoms with Gasteiger partial charge in [0.25, 0.3) is 21.8 Å². The van der Waals surface area contributed by atoms with Crippen LogP contribution in [-0.4, -0.2) is 81.1 Å². The van der Waals surface area contributed by atoms with Gasteiger partial charge < -0.3 is 30.5 Å². The van der Waals surface area contributed by atoms with Crippen LogP contribution in [0.4, 0.5) is 17.1 Å². The largest absolute Gasteiger partial charge is 0.497 e. The third-order valence-corrected chi connectivity index (χ3v) is 10.1. The smallest absolute Gasteiger partial charge is 0.262 e. The van der Waals surface area contributed by atoms with Crippen LogP contribution in [0.1, 0.15) is 40.1 Å². The zero-order chi connectivity index (χ0) is 36.0. The Labute approximate surface area is 292 Å². The summed E-state index contributed by atoms with van der Waals surface area (Å²) in [5.74, 6) is -0.218. The van der Waals surface area contributed by atoms with Crippen LogP contribution < -0.4 is 25.2 Å². The molecular formula is C37H43N5O7S. The number of nitrogens with two attached hydrogens (primary N) is 1. The number of ether oxygens (including phenoxy) is 2. The van der Waals surface area contributed by atoms with Gasteiger partial charge in [0.05, 0.1) is 47.3 Å². The molecular weight excluding hydrogens is 659 g/mol. The second kappa shape index (κ2) is 15.6. The van der Waals surface area contributed by atoms with Crippen LogP contribution in [0.2, 0.25) is 0 Å². The van der Waals surface area contributed by atoms with Crippen molar-refractivity contribution in [3.05, 3.63) is 108 Å². The fraction of sp³-hybridized carbons (Fsp3) is 0.297. The summed E-state index contributed by atoms with van der Waals surface area (Å²) in [6.45, 7) is 4.75. The molecule has 0 bridgehead atoms. The highest BCUT2D eigenvalue weighted by Crippen LogP contribution is 2.36. The lowest BCUT2D eigenvalue weighted by Crippen LogP contribution is -2.49. The monoisotopic (exact) mass is 701 g/mol. The molecule has 0 spiro atoms. The molecule has 5 N–H and O–H groups in total. The summed E-state index contributed by atoms with van der Waals surface area (Å²) in [4.78, 5) is 30.4. The molecule has 50 heavy (non-hydrogen) atoms. The number of rotatable bonds is 12. The molecule has 5 rings (SSSR count). The standard InChI is InChI=1S/C37H43N5O7S/c1-24-20-42(25(2)23-43)37(45)30-8-7-11-33(40-50(46,47)29-18-16-28(48-4)17-19-29)35(30)49-34(24)22-41(3)21-26-12-14-27(15-13-26)36(44)39-32-10-6-5-9-31(32)38/h5-19,24-25,34,40,43H,20-23,38H2,1-4H3,(H,39,44)/t24-,25-,34-/m0/s1. The number of anilines is 3. The van der Waals surface area contributed by atoms with Crippen molar-refractivity contribution in [2.45, 2.75) is 37.4 Å². The van der Waals surface area contributed by atoms with Gasteiger partial charge in [-0.25, -0.2) is 8.42 Å². The van der Waals surface area contributed by atoms with Crippen molar-refractivity contribution in [1.82, 2.24) is 9.80 Å². The fourth-order valence-electron chi connectivity index (χ4n) is 5.75. The molecule has 0 radical (unpaired) electrons. The molecule has 2 amide bonds. The van der Waals surface area contributed by atoms with Crippen LogP contribution in [0, 0.1) is 5.92 Å². The highest BCUT2D eigenvalue weighted by Gasteiger charge is 2.35. The van der Waals surface area contributed by atoms with Gasteiger partial charge in [-0.1, -0.05) is 37.3 Å². The van der Waals surface area contributed by atoms with Crippen LogP contribution >= 0.6 is 0 Å². The van der Waals surface area contributed by atoms with Gasteiger partial charge in [-0.15, -0.1) is 0 Å². The van der Waals surface area contributed by atoms with Crippen LogP contribution in [0.3, 0.4) is 0 Å². The Balaban J connectivity index is 1.37. The van der Waals surface area contributed by atoms with Crippen molar-refractivity contribution in [3.63, 3.8) is 0 Å². The number of fused-ring (bicyclic) bond motifs is 1. The summed E-state index contributed by atoms with van der Waals surface area (Å²) >= 11 is 0. The number of para-hydroxylation sites is 3. The van der Waals surface area contributed by atoms with Gasteiger partial charge in [0.2, 0.25) is 0 Å². The Morgan fingerprint density at radius 1 is 1.04 bits per heavy atom. The first-order valence-electron chi connectivity index (χ1n) is 16.2. The number of nitrogens with one attached hydrogen (secondary N) is 2. The van der Waals surface area contributed by atoms with Gasteiger partial charge in [-0.3, -0.25) is 19.2 Å². The van der Waals surface area contributed by atoms with E-state index in [2.05, 4.69) is 14.9 Å². The van der Waals surface area contributed by atoms with Crippen LogP contribution in [-0.2, 0) is 16.6 Å². The van der Waals surface area contributed by atoms with E-state index in [9.17, 15) is 23.1 Å². The number of sulfonamides is 1. The van der Waals surface area contributed by atoms with Gasteiger partial charge >= 0.3 is 0 Å². The molecule has 0 saturated carbocycles. The minimum atomic E-state index is -4.06. The van der Waals surface area contributed by atoms with E-state index in [1.54, 1.807) is 78.6 Å². The molecule has 1 heterocycles. The highest BCUT2D eigenvalue weighted by atomic mass is 32.2. The number of nitrogen functional groups attached to an aromatic ring is 1. The van der Waals surface area contributed by atoms with Crippen molar-refractivity contribution >= 4 is 38.9 Å². The summed E-state index contributed by atoms with van der Waals surface area (Å²) in [6, 6.07) is 24.6. The summed E-state index contributed by atoms with van der Waals surface area (Å²) in [7, 11) is -0.634. The molecule has 4 aromatic rings. The zero-order valence-corrected chi connectivity index (χ0v) is 29.3. The first-order chi connectivity index (χ1) is 23.9. The normalized spacial score (nSPS) is 16.8. The number of amides is 2. The van der Waals surface area contributed by atoms with E-state index in [4.69, 9.17) is 15.2 Å². The maximum absolute atomic E-state index is 13.9. The topological polar surface area (TPSA) is 164 Å². The number of likely N-dealkylation sites (N-methyl/N-ethyl adjacent to an activating group) is 1. The van der Waals surface area contributed by atoms with E-state index in [0.717, 1.165) is 5.56 Å². The Bertz CT molecular complexity index is 1920. The van der Waals surface area contributed by atoms with Crippen LogP contribution in [0.15, 0.2) is 95.9 Å². The van der Waals surface area contributed by atoms with Gasteiger partial charge in [0.15, 0.2) is 5.75 Å². The molecule has 0 aromatic heterocycles. The molecule has 0 aliphatic carbocycles.